The number of hydrogen-bond donors (Lipinski definition) is 1. The molecule has 0 saturated carbocycles. The Morgan fingerprint density at radius 2 is 1.92 bits per heavy atom. The molecule has 8 heteroatoms. The molecule has 0 atom stereocenters. The predicted octanol–water partition coefficient (Wildman–Crippen LogP) is 4.24. The van der Waals surface area contributed by atoms with Crippen LogP contribution in [0.2, 0.25) is 0 Å². The van der Waals surface area contributed by atoms with Crippen LogP contribution in [0.25, 0.3) is 9.53 Å². The molecule has 0 bridgehead atoms. The van der Waals surface area contributed by atoms with E-state index in [0.29, 0.717) is 16.1 Å². The quantitative estimate of drug-likeness (QED) is 0.639. The summed E-state index contributed by atoms with van der Waals surface area (Å²) in [6, 6.07) is 8.62. The summed E-state index contributed by atoms with van der Waals surface area (Å²) in [5.41, 5.74) is 0.751. The van der Waals surface area contributed by atoms with E-state index in [4.69, 9.17) is 4.74 Å². The Morgan fingerprint density at radius 1 is 1.19 bits per heavy atom. The maximum absolute atomic E-state index is 12.6. The van der Waals surface area contributed by atoms with Crippen LogP contribution in [0, 0.1) is 0 Å². The second kappa shape index (κ2) is 7.84. The van der Waals surface area contributed by atoms with Crippen molar-refractivity contribution in [2.24, 2.45) is 0 Å². The number of nitrogens with zero attached hydrogens (tertiary/aromatic N) is 2. The van der Waals surface area contributed by atoms with Crippen LogP contribution >= 0.6 is 22.7 Å². The topological polar surface area (TPSA) is 71.5 Å². The molecule has 3 rings (SSSR count). The zero-order valence-electron chi connectivity index (χ0n) is 14.7. The van der Waals surface area contributed by atoms with Gasteiger partial charge in [-0.3, -0.25) is 4.79 Å². The number of thiophene rings is 1. The van der Waals surface area contributed by atoms with Gasteiger partial charge in [-0.25, -0.2) is 9.78 Å². The fourth-order valence-corrected chi connectivity index (χ4v) is 4.76. The number of nitrogens with one attached hydrogen (secondary N) is 1. The number of amides is 1. The normalized spacial score (nSPS) is 10.7. The van der Waals surface area contributed by atoms with Crippen molar-refractivity contribution in [2.45, 2.75) is 13.8 Å². The Morgan fingerprint density at radius 3 is 2.58 bits per heavy atom. The SMILES string of the molecule is CCN(CC)c1nc2sc(C(=O)Nc3ccccc3C(=O)OC)cc2s1. The van der Waals surface area contributed by atoms with Crippen molar-refractivity contribution >= 4 is 54.9 Å². The second-order valence-corrected chi connectivity index (χ2v) is 7.48. The van der Waals surface area contributed by atoms with Crippen molar-refractivity contribution in [3.8, 4) is 0 Å². The third-order valence-corrected chi connectivity index (χ3v) is 6.14. The maximum Gasteiger partial charge on any atom is 0.339 e. The smallest absolute Gasteiger partial charge is 0.339 e. The number of thiazole rings is 1. The number of aromatic nitrogens is 1. The molecule has 2 aromatic heterocycles. The van der Waals surface area contributed by atoms with E-state index in [-0.39, 0.29) is 5.91 Å². The Balaban J connectivity index is 1.83. The minimum Gasteiger partial charge on any atom is -0.465 e. The minimum absolute atomic E-state index is 0.263. The van der Waals surface area contributed by atoms with Crippen LogP contribution in [0.3, 0.4) is 0 Å². The van der Waals surface area contributed by atoms with E-state index < -0.39 is 5.97 Å². The highest BCUT2D eigenvalue weighted by atomic mass is 32.1. The average molecular weight is 390 g/mol. The average Bonchev–Trinajstić information content (AvgIpc) is 3.22. The number of anilines is 2. The number of fused-ring (bicyclic) bond motifs is 1. The van der Waals surface area contributed by atoms with Gasteiger partial charge >= 0.3 is 5.97 Å². The van der Waals surface area contributed by atoms with Gasteiger partial charge in [-0.05, 0) is 32.0 Å². The van der Waals surface area contributed by atoms with Crippen LogP contribution in [0.5, 0.6) is 0 Å². The van der Waals surface area contributed by atoms with Gasteiger partial charge in [0, 0.05) is 13.1 Å². The van der Waals surface area contributed by atoms with Crippen LogP contribution in [-0.4, -0.2) is 37.1 Å². The lowest BCUT2D eigenvalue weighted by molar-refractivity contribution is 0.0602. The molecule has 3 aromatic rings. The molecule has 26 heavy (non-hydrogen) atoms. The van der Waals surface area contributed by atoms with Crippen molar-refractivity contribution < 1.29 is 14.3 Å². The first-order valence-corrected chi connectivity index (χ1v) is 9.84. The molecule has 0 unspecified atom stereocenters. The maximum atomic E-state index is 12.6. The largest absolute Gasteiger partial charge is 0.465 e. The zero-order valence-corrected chi connectivity index (χ0v) is 16.4. The molecule has 1 amide bonds. The number of ether oxygens (including phenoxy) is 1. The Labute approximate surface area is 159 Å². The standard InChI is InChI=1S/C18H19N3O3S2/c1-4-21(5-2)18-20-16-14(26-18)10-13(25-16)15(22)19-12-9-7-6-8-11(12)17(23)24-3/h6-10H,4-5H2,1-3H3,(H,19,22). The monoisotopic (exact) mass is 389 g/mol. The first kappa shape index (κ1) is 18.3. The predicted molar refractivity (Wildman–Crippen MR) is 107 cm³/mol. The molecule has 0 radical (unpaired) electrons. The summed E-state index contributed by atoms with van der Waals surface area (Å²) in [4.78, 5) is 32.6. The summed E-state index contributed by atoms with van der Waals surface area (Å²) >= 11 is 2.93. The number of para-hydroxylation sites is 1. The van der Waals surface area contributed by atoms with E-state index in [1.54, 1.807) is 35.6 Å². The Bertz CT molecular complexity index is 913. The Hall–Kier alpha value is -2.45. The molecule has 136 valence electrons. The van der Waals surface area contributed by atoms with Gasteiger partial charge in [0.05, 0.1) is 27.9 Å². The van der Waals surface area contributed by atoms with Gasteiger partial charge in [0.25, 0.3) is 5.91 Å². The van der Waals surface area contributed by atoms with Gasteiger partial charge in [-0.2, -0.15) is 0 Å². The van der Waals surface area contributed by atoms with E-state index >= 15 is 0 Å². The van der Waals surface area contributed by atoms with Gasteiger partial charge in [-0.15, -0.1) is 11.3 Å². The van der Waals surface area contributed by atoms with Crippen LogP contribution in [0.4, 0.5) is 10.8 Å². The molecular weight excluding hydrogens is 370 g/mol. The fraction of sp³-hybridized carbons (Fsp3) is 0.278. The number of carbonyl (C=O) groups excluding carboxylic acids is 2. The molecule has 6 nitrogen and oxygen atoms in total. The highest BCUT2D eigenvalue weighted by Gasteiger charge is 2.18. The summed E-state index contributed by atoms with van der Waals surface area (Å²) in [6.45, 7) is 5.98. The number of hydrogen-bond acceptors (Lipinski definition) is 7. The van der Waals surface area contributed by atoms with Crippen molar-refractivity contribution in [1.82, 2.24) is 4.98 Å². The Kier molecular flexibility index (Phi) is 5.53. The lowest BCUT2D eigenvalue weighted by Gasteiger charge is -2.16. The minimum atomic E-state index is -0.487. The van der Waals surface area contributed by atoms with E-state index in [1.807, 2.05) is 6.07 Å². The van der Waals surface area contributed by atoms with Gasteiger partial charge in [0.1, 0.15) is 4.83 Å². The second-order valence-electron chi connectivity index (χ2n) is 5.44. The van der Waals surface area contributed by atoms with E-state index in [0.717, 1.165) is 27.8 Å². The lowest BCUT2D eigenvalue weighted by atomic mass is 10.2. The number of esters is 1. The first-order chi connectivity index (χ1) is 12.6. The lowest BCUT2D eigenvalue weighted by Crippen LogP contribution is -2.21. The summed E-state index contributed by atoms with van der Waals surface area (Å²) in [6.07, 6.45) is 0. The number of carbonyl (C=O) groups is 2. The third kappa shape index (κ3) is 3.56. The van der Waals surface area contributed by atoms with Gasteiger partial charge in [0.15, 0.2) is 5.13 Å². The fourth-order valence-electron chi connectivity index (χ4n) is 2.53. The van der Waals surface area contributed by atoms with Crippen LogP contribution in [0.15, 0.2) is 30.3 Å². The molecule has 1 N–H and O–H groups in total. The van der Waals surface area contributed by atoms with Gasteiger partial charge < -0.3 is 15.0 Å². The summed E-state index contributed by atoms with van der Waals surface area (Å²) in [5, 5.41) is 3.76. The molecular formula is C18H19N3O3S2. The van der Waals surface area contributed by atoms with Crippen LogP contribution in [-0.2, 0) is 4.74 Å². The van der Waals surface area contributed by atoms with Crippen LogP contribution in [0.1, 0.15) is 33.9 Å². The van der Waals surface area contributed by atoms with Crippen LogP contribution < -0.4 is 10.2 Å². The number of methoxy groups -OCH3 is 1. The molecule has 0 fully saturated rings. The van der Waals surface area contributed by atoms with Crippen molar-refractivity contribution in [3.05, 3.63) is 40.8 Å². The summed E-state index contributed by atoms with van der Waals surface area (Å²) in [5.74, 6) is -0.750. The van der Waals surface area contributed by atoms with Crippen molar-refractivity contribution in [3.63, 3.8) is 0 Å². The zero-order chi connectivity index (χ0) is 18.7. The highest BCUT2D eigenvalue weighted by Crippen LogP contribution is 2.35. The van der Waals surface area contributed by atoms with Crippen molar-refractivity contribution in [2.75, 3.05) is 30.4 Å². The molecule has 2 heterocycles. The van der Waals surface area contributed by atoms with Crippen molar-refractivity contribution in [1.29, 1.82) is 0 Å². The van der Waals surface area contributed by atoms with E-state index in [1.165, 1.54) is 18.4 Å². The van der Waals surface area contributed by atoms with E-state index in [2.05, 4.69) is 29.0 Å². The molecule has 0 spiro atoms. The third-order valence-electron chi connectivity index (χ3n) is 3.92. The highest BCUT2D eigenvalue weighted by molar-refractivity contribution is 7.29. The molecule has 0 aliphatic carbocycles. The molecule has 0 saturated heterocycles. The molecule has 1 aromatic carbocycles. The van der Waals surface area contributed by atoms with Gasteiger partial charge in [-0.1, -0.05) is 23.5 Å². The summed E-state index contributed by atoms with van der Waals surface area (Å²) < 4.78 is 5.75. The number of benzene rings is 1. The van der Waals surface area contributed by atoms with E-state index in [9.17, 15) is 9.59 Å². The number of rotatable bonds is 6. The molecule has 0 aliphatic heterocycles. The molecule has 0 aliphatic rings. The van der Waals surface area contributed by atoms with Gasteiger partial charge in [0.2, 0.25) is 0 Å². The summed E-state index contributed by atoms with van der Waals surface area (Å²) in [7, 11) is 1.31. The first-order valence-electron chi connectivity index (χ1n) is 8.21.